The van der Waals surface area contributed by atoms with Crippen molar-refractivity contribution in [3.63, 3.8) is 0 Å². The van der Waals surface area contributed by atoms with Crippen molar-refractivity contribution in [1.82, 2.24) is 0 Å². The number of methoxy groups -OCH3 is 1. The van der Waals surface area contributed by atoms with Crippen LogP contribution >= 0.6 is 11.8 Å². The number of nitriles is 1. The molecule has 116 valence electrons. The van der Waals surface area contributed by atoms with Crippen molar-refractivity contribution in [2.24, 2.45) is 0 Å². The maximum absolute atomic E-state index is 12.0. The Bertz CT molecular complexity index is 686. The van der Waals surface area contributed by atoms with Crippen molar-refractivity contribution < 1.29 is 19.2 Å². The van der Waals surface area contributed by atoms with Crippen LogP contribution in [0.5, 0.6) is 0 Å². The minimum Gasteiger partial charge on any atom is -0.463 e. The Hall–Kier alpha value is -2.40. The van der Waals surface area contributed by atoms with Crippen LogP contribution in [0.3, 0.4) is 0 Å². The fourth-order valence-corrected chi connectivity index (χ4v) is 2.57. The number of esters is 1. The first-order valence-electron chi connectivity index (χ1n) is 6.15. The molecule has 0 heterocycles. The molecular formula is C14H14N2O5S. The number of thiocyanates is 1. The van der Waals surface area contributed by atoms with Crippen LogP contribution in [0.25, 0.3) is 0 Å². The van der Waals surface area contributed by atoms with Crippen molar-refractivity contribution in [2.75, 3.05) is 7.11 Å². The number of benzene rings is 1. The van der Waals surface area contributed by atoms with Gasteiger partial charge in [0.1, 0.15) is 11.0 Å². The Morgan fingerprint density at radius 2 is 1.95 bits per heavy atom. The number of carbonyl (C=O) groups is 2. The minimum atomic E-state index is -1.18. The van der Waals surface area contributed by atoms with Gasteiger partial charge in [0, 0.05) is 11.0 Å². The maximum Gasteiger partial charge on any atom is 0.379 e. The summed E-state index contributed by atoms with van der Waals surface area (Å²) in [4.78, 5) is 34.2. The lowest BCUT2D eigenvalue weighted by molar-refractivity contribution is -0.385. The summed E-state index contributed by atoms with van der Waals surface area (Å²) in [6, 6.07) is 2.43. The number of nitro benzene ring substituents is 1. The van der Waals surface area contributed by atoms with Crippen LogP contribution in [-0.2, 0) is 14.9 Å². The van der Waals surface area contributed by atoms with E-state index >= 15 is 0 Å². The predicted octanol–water partition coefficient (Wildman–Crippen LogP) is 2.82. The van der Waals surface area contributed by atoms with Crippen LogP contribution in [0.2, 0.25) is 0 Å². The molecule has 0 aliphatic heterocycles. The van der Waals surface area contributed by atoms with Crippen LogP contribution in [0.4, 0.5) is 5.69 Å². The maximum atomic E-state index is 12.0. The molecule has 0 amide bonds. The second-order valence-electron chi connectivity index (χ2n) is 5.39. The third kappa shape index (κ3) is 3.62. The van der Waals surface area contributed by atoms with E-state index in [0.717, 1.165) is 24.9 Å². The molecule has 1 aromatic rings. The van der Waals surface area contributed by atoms with E-state index in [1.54, 1.807) is 0 Å². The number of Topliss-reactive ketones (excluding diaryl/α,β-unsaturated/α-hetero) is 1. The van der Waals surface area contributed by atoms with Gasteiger partial charge in [-0.05, 0) is 28.8 Å². The summed E-state index contributed by atoms with van der Waals surface area (Å²) >= 11 is 0.769. The Labute approximate surface area is 131 Å². The molecule has 0 atom stereocenters. The zero-order valence-electron chi connectivity index (χ0n) is 12.5. The largest absolute Gasteiger partial charge is 0.463 e. The number of ether oxygens (including phenoxy) is 1. The highest BCUT2D eigenvalue weighted by Gasteiger charge is 2.31. The number of rotatable bonds is 4. The lowest BCUT2D eigenvalue weighted by Gasteiger charge is -2.22. The topological polar surface area (TPSA) is 110 Å². The van der Waals surface area contributed by atoms with E-state index in [2.05, 4.69) is 4.74 Å². The molecule has 0 radical (unpaired) electrons. The van der Waals surface area contributed by atoms with Gasteiger partial charge in [-0.2, -0.15) is 5.26 Å². The van der Waals surface area contributed by atoms with Crippen molar-refractivity contribution in [2.45, 2.75) is 31.1 Å². The van der Waals surface area contributed by atoms with E-state index < -0.39 is 27.8 Å². The van der Waals surface area contributed by atoms with E-state index in [-0.39, 0.29) is 5.56 Å². The number of carbonyl (C=O) groups excluding carboxylic acids is 2. The minimum absolute atomic E-state index is 0.343. The van der Waals surface area contributed by atoms with Crippen molar-refractivity contribution in [3.05, 3.63) is 33.4 Å². The third-order valence-electron chi connectivity index (χ3n) is 2.87. The molecule has 0 fully saturated rings. The predicted molar refractivity (Wildman–Crippen MR) is 79.6 cm³/mol. The fourth-order valence-electron chi connectivity index (χ4n) is 1.82. The molecule has 0 aromatic heterocycles. The fraction of sp³-hybridized carbons (Fsp3) is 0.357. The summed E-state index contributed by atoms with van der Waals surface area (Å²) in [5, 5.41) is 21.9. The monoisotopic (exact) mass is 322 g/mol. The molecular weight excluding hydrogens is 308 g/mol. The van der Waals surface area contributed by atoms with Gasteiger partial charge in [-0.1, -0.05) is 20.8 Å². The molecule has 0 saturated heterocycles. The van der Waals surface area contributed by atoms with Gasteiger partial charge in [-0.25, -0.2) is 4.79 Å². The quantitative estimate of drug-likeness (QED) is 0.159. The van der Waals surface area contributed by atoms with Crippen LogP contribution in [0.1, 0.15) is 36.7 Å². The SMILES string of the molecule is COC(=O)C(=O)c1cc(C(C)(C)C)c(SC#N)cc1[N+](=O)[O-]. The molecule has 7 nitrogen and oxygen atoms in total. The summed E-state index contributed by atoms with van der Waals surface area (Å²) in [5.74, 6) is -2.27. The van der Waals surface area contributed by atoms with E-state index in [9.17, 15) is 19.7 Å². The van der Waals surface area contributed by atoms with Crippen LogP contribution in [-0.4, -0.2) is 23.8 Å². The average molecular weight is 322 g/mol. The first-order chi connectivity index (χ1) is 10.1. The molecule has 0 aliphatic rings. The lowest BCUT2D eigenvalue weighted by Crippen LogP contribution is -2.20. The Kier molecular flexibility index (Phi) is 5.28. The van der Waals surface area contributed by atoms with Crippen molar-refractivity contribution >= 4 is 29.2 Å². The van der Waals surface area contributed by atoms with Gasteiger partial charge in [0.25, 0.3) is 11.5 Å². The Balaban J connectivity index is 3.69. The first-order valence-corrected chi connectivity index (χ1v) is 6.96. The number of thioether (sulfide) groups is 1. The van der Waals surface area contributed by atoms with Crippen LogP contribution < -0.4 is 0 Å². The van der Waals surface area contributed by atoms with Crippen LogP contribution in [0.15, 0.2) is 17.0 Å². The smallest absolute Gasteiger partial charge is 0.379 e. The first kappa shape index (κ1) is 17.7. The number of nitro groups is 1. The zero-order valence-corrected chi connectivity index (χ0v) is 13.3. The summed E-state index contributed by atoms with van der Waals surface area (Å²) in [6.45, 7) is 5.51. The van der Waals surface area contributed by atoms with Gasteiger partial charge in [-0.3, -0.25) is 14.9 Å². The van der Waals surface area contributed by atoms with Gasteiger partial charge in [0.05, 0.1) is 12.0 Å². The number of ketones is 1. The zero-order chi connectivity index (χ0) is 17.1. The van der Waals surface area contributed by atoms with Crippen molar-refractivity contribution in [1.29, 1.82) is 5.26 Å². The molecule has 1 aromatic carbocycles. The molecule has 22 heavy (non-hydrogen) atoms. The lowest BCUT2D eigenvalue weighted by atomic mass is 9.85. The van der Waals surface area contributed by atoms with Crippen LogP contribution in [0, 0.1) is 20.8 Å². The number of hydrogen-bond acceptors (Lipinski definition) is 7. The van der Waals surface area contributed by atoms with Gasteiger partial charge in [0.2, 0.25) is 0 Å². The highest BCUT2D eigenvalue weighted by Crippen LogP contribution is 2.37. The number of nitrogens with zero attached hydrogens (tertiary/aromatic N) is 2. The second kappa shape index (κ2) is 6.58. The number of hydrogen-bond donors (Lipinski definition) is 0. The third-order valence-corrected chi connectivity index (χ3v) is 3.52. The summed E-state index contributed by atoms with van der Waals surface area (Å²) in [5.41, 5.74) is -0.776. The van der Waals surface area contributed by atoms with E-state index in [0.29, 0.717) is 10.5 Å². The molecule has 0 aliphatic carbocycles. The van der Waals surface area contributed by atoms with E-state index in [1.807, 2.05) is 26.2 Å². The molecule has 0 spiro atoms. The standard InChI is InChI=1S/C14H14N2O5S/c1-14(2,3)9-5-8(12(17)13(18)21-4)10(16(19)20)6-11(9)22-7-15/h5-6H,1-4H3. The van der Waals surface area contributed by atoms with Crippen molar-refractivity contribution in [3.8, 4) is 5.40 Å². The van der Waals surface area contributed by atoms with E-state index in [1.165, 1.54) is 6.07 Å². The highest BCUT2D eigenvalue weighted by molar-refractivity contribution is 8.03. The van der Waals surface area contributed by atoms with E-state index in [4.69, 9.17) is 5.26 Å². The summed E-state index contributed by atoms with van der Waals surface area (Å²) in [7, 11) is 1.02. The highest BCUT2D eigenvalue weighted by atomic mass is 32.2. The molecule has 8 heteroatoms. The Morgan fingerprint density at radius 1 is 1.36 bits per heavy atom. The van der Waals surface area contributed by atoms with Gasteiger partial charge in [0.15, 0.2) is 0 Å². The second-order valence-corrected chi connectivity index (χ2v) is 6.21. The van der Waals surface area contributed by atoms with Gasteiger partial charge >= 0.3 is 5.97 Å². The summed E-state index contributed by atoms with van der Waals surface area (Å²) < 4.78 is 4.34. The summed E-state index contributed by atoms with van der Waals surface area (Å²) in [6.07, 6.45) is 0. The molecule has 0 N–H and O–H groups in total. The molecule has 0 bridgehead atoms. The molecule has 0 unspecified atom stereocenters. The normalized spacial score (nSPS) is 10.7. The van der Waals surface area contributed by atoms with Gasteiger partial charge < -0.3 is 4.74 Å². The average Bonchev–Trinajstić information content (AvgIpc) is 2.44. The Morgan fingerprint density at radius 3 is 2.36 bits per heavy atom. The molecule has 1 rings (SSSR count). The molecule has 0 saturated carbocycles. The van der Waals surface area contributed by atoms with Gasteiger partial charge in [-0.15, -0.1) is 0 Å².